The molecule has 19 heavy (non-hydrogen) atoms. The molecule has 0 saturated carbocycles. The molecule has 0 aliphatic rings. The van der Waals surface area contributed by atoms with E-state index >= 15 is 0 Å². The van der Waals surface area contributed by atoms with Crippen LogP contribution in [0.15, 0.2) is 24.3 Å². The van der Waals surface area contributed by atoms with Crippen molar-refractivity contribution in [3.05, 3.63) is 46.5 Å². The van der Waals surface area contributed by atoms with Crippen LogP contribution >= 0.6 is 11.6 Å². The average Bonchev–Trinajstić information content (AvgIpc) is 2.27. The van der Waals surface area contributed by atoms with Crippen LogP contribution in [-0.4, -0.2) is 5.24 Å². The van der Waals surface area contributed by atoms with Crippen LogP contribution in [0.25, 0.3) is 0 Å². The van der Waals surface area contributed by atoms with Crippen molar-refractivity contribution in [3.8, 4) is 0 Å². The van der Waals surface area contributed by atoms with Gasteiger partial charge in [-0.3, -0.25) is 4.79 Å². The van der Waals surface area contributed by atoms with Gasteiger partial charge in [0.15, 0.2) is 0 Å². The molecule has 1 aromatic rings. The number of alkyl halides is 3. The number of allylic oxidation sites excluding steroid dienone is 2. The standard InChI is InChI=1S/C14H14ClF3O/c1-3-4-5-6-10-7-9(2)11(13(15)19)8-12(10)14(16,17)18/h4-5,7-8H,3,6H2,1-2H3. The third kappa shape index (κ3) is 4.10. The Kier molecular flexibility index (Phi) is 5.18. The number of rotatable bonds is 4. The Morgan fingerprint density at radius 3 is 2.42 bits per heavy atom. The van der Waals surface area contributed by atoms with E-state index in [1.54, 1.807) is 19.1 Å². The average molecular weight is 291 g/mol. The molecule has 1 aromatic carbocycles. The smallest absolute Gasteiger partial charge is 0.276 e. The molecule has 0 heterocycles. The molecule has 0 unspecified atom stereocenters. The Labute approximate surface area is 115 Å². The zero-order valence-corrected chi connectivity index (χ0v) is 11.4. The number of hydrogen-bond donors (Lipinski definition) is 0. The van der Waals surface area contributed by atoms with Gasteiger partial charge in [0.2, 0.25) is 0 Å². The summed E-state index contributed by atoms with van der Waals surface area (Å²) in [6, 6.07) is 2.21. The zero-order chi connectivity index (χ0) is 14.6. The minimum Gasteiger partial charge on any atom is -0.276 e. The van der Waals surface area contributed by atoms with Crippen LogP contribution < -0.4 is 0 Å². The second-order valence-electron chi connectivity index (χ2n) is 4.18. The molecule has 0 N–H and O–H groups in total. The van der Waals surface area contributed by atoms with Crippen LogP contribution in [-0.2, 0) is 12.6 Å². The highest BCUT2D eigenvalue weighted by Gasteiger charge is 2.34. The van der Waals surface area contributed by atoms with Crippen LogP contribution in [0.3, 0.4) is 0 Å². The normalized spacial score (nSPS) is 12.1. The van der Waals surface area contributed by atoms with E-state index in [-0.39, 0.29) is 17.5 Å². The lowest BCUT2D eigenvalue weighted by molar-refractivity contribution is -0.138. The Balaban J connectivity index is 3.32. The highest BCUT2D eigenvalue weighted by molar-refractivity contribution is 6.67. The SMILES string of the molecule is CCC=CCc1cc(C)c(C(=O)Cl)cc1C(F)(F)F. The summed E-state index contributed by atoms with van der Waals surface area (Å²) in [5.41, 5.74) is -0.302. The van der Waals surface area contributed by atoms with Crippen LogP contribution in [0.5, 0.6) is 0 Å². The fourth-order valence-corrected chi connectivity index (χ4v) is 1.99. The molecule has 0 radical (unpaired) electrons. The van der Waals surface area contributed by atoms with Crippen molar-refractivity contribution < 1.29 is 18.0 Å². The zero-order valence-electron chi connectivity index (χ0n) is 10.6. The van der Waals surface area contributed by atoms with E-state index in [0.717, 1.165) is 12.5 Å². The van der Waals surface area contributed by atoms with E-state index in [1.807, 2.05) is 6.92 Å². The van der Waals surface area contributed by atoms with E-state index in [2.05, 4.69) is 0 Å². The molecular formula is C14H14ClF3O. The third-order valence-electron chi connectivity index (χ3n) is 2.71. The largest absolute Gasteiger partial charge is 0.416 e. The molecule has 5 heteroatoms. The van der Waals surface area contributed by atoms with Gasteiger partial charge in [0.25, 0.3) is 5.24 Å². The maximum atomic E-state index is 13.0. The van der Waals surface area contributed by atoms with Crippen molar-refractivity contribution in [2.24, 2.45) is 0 Å². The van der Waals surface area contributed by atoms with Crippen molar-refractivity contribution in [2.45, 2.75) is 32.9 Å². The van der Waals surface area contributed by atoms with E-state index in [0.29, 0.717) is 5.56 Å². The molecule has 0 aliphatic heterocycles. The predicted molar refractivity (Wildman–Crippen MR) is 69.5 cm³/mol. The number of carbonyl (C=O) groups excluding carboxylic acids is 1. The van der Waals surface area contributed by atoms with Gasteiger partial charge in [0.05, 0.1) is 5.56 Å². The molecule has 1 nitrogen and oxygen atoms in total. The summed E-state index contributed by atoms with van der Waals surface area (Å²) in [4.78, 5) is 11.1. The van der Waals surface area contributed by atoms with Gasteiger partial charge in [-0.15, -0.1) is 0 Å². The molecular weight excluding hydrogens is 277 g/mol. The van der Waals surface area contributed by atoms with Crippen LogP contribution in [0.2, 0.25) is 0 Å². The first kappa shape index (κ1) is 15.8. The van der Waals surface area contributed by atoms with Gasteiger partial charge in [0, 0.05) is 5.56 Å². The Hall–Kier alpha value is -1.29. The van der Waals surface area contributed by atoms with Gasteiger partial charge in [-0.05, 0) is 48.6 Å². The second-order valence-corrected chi connectivity index (χ2v) is 4.52. The number of hydrogen-bond acceptors (Lipinski definition) is 1. The summed E-state index contributed by atoms with van der Waals surface area (Å²) in [7, 11) is 0. The van der Waals surface area contributed by atoms with Crippen molar-refractivity contribution in [1.82, 2.24) is 0 Å². The Morgan fingerprint density at radius 1 is 1.32 bits per heavy atom. The summed E-state index contributed by atoms with van der Waals surface area (Å²) < 4.78 is 38.9. The molecule has 0 fully saturated rings. The van der Waals surface area contributed by atoms with Gasteiger partial charge in [-0.2, -0.15) is 13.2 Å². The summed E-state index contributed by atoms with van der Waals surface area (Å²) in [5, 5.41) is -0.876. The molecule has 1 rings (SSSR count). The van der Waals surface area contributed by atoms with Crippen molar-refractivity contribution >= 4 is 16.8 Å². The maximum Gasteiger partial charge on any atom is 0.416 e. The summed E-state index contributed by atoms with van der Waals surface area (Å²) in [6.07, 6.45) is -0.0641. The van der Waals surface area contributed by atoms with E-state index < -0.39 is 17.0 Å². The van der Waals surface area contributed by atoms with E-state index in [1.165, 1.54) is 6.07 Å². The van der Waals surface area contributed by atoms with E-state index in [4.69, 9.17) is 11.6 Å². The highest BCUT2D eigenvalue weighted by atomic mass is 35.5. The van der Waals surface area contributed by atoms with Crippen LogP contribution in [0.4, 0.5) is 13.2 Å². The molecule has 0 spiro atoms. The first-order chi connectivity index (χ1) is 8.77. The highest BCUT2D eigenvalue weighted by Crippen LogP contribution is 2.34. The van der Waals surface area contributed by atoms with Gasteiger partial charge in [-0.25, -0.2) is 0 Å². The quantitative estimate of drug-likeness (QED) is 0.569. The molecule has 0 amide bonds. The molecule has 0 aliphatic carbocycles. The first-order valence-electron chi connectivity index (χ1n) is 5.83. The van der Waals surface area contributed by atoms with Crippen molar-refractivity contribution in [3.63, 3.8) is 0 Å². The fourth-order valence-electron chi connectivity index (χ4n) is 1.79. The lowest BCUT2D eigenvalue weighted by atomic mass is 9.97. The van der Waals surface area contributed by atoms with Gasteiger partial charge in [0.1, 0.15) is 0 Å². The minimum absolute atomic E-state index is 0.0998. The number of carbonyl (C=O) groups is 1. The fraction of sp³-hybridized carbons (Fsp3) is 0.357. The number of benzene rings is 1. The Morgan fingerprint density at radius 2 is 1.95 bits per heavy atom. The van der Waals surface area contributed by atoms with E-state index in [9.17, 15) is 18.0 Å². The monoisotopic (exact) mass is 290 g/mol. The van der Waals surface area contributed by atoms with Gasteiger partial charge >= 0.3 is 6.18 Å². The van der Waals surface area contributed by atoms with Gasteiger partial charge in [-0.1, -0.05) is 25.1 Å². The van der Waals surface area contributed by atoms with Gasteiger partial charge < -0.3 is 0 Å². The topological polar surface area (TPSA) is 17.1 Å². The van der Waals surface area contributed by atoms with Crippen molar-refractivity contribution in [1.29, 1.82) is 0 Å². The Bertz CT molecular complexity index is 504. The molecule has 0 atom stereocenters. The molecule has 0 bridgehead atoms. The minimum atomic E-state index is -4.50. The number of halogens is 4. The second kappa shape index (κ2) is 6.24. The van der Waals surface area contributed by atoms with Crippen LogP contribution in [0, 0.1) is 6.92 Å². The maximum absolute atomic E-state index is 13.0. The molecule has 0 aromatic heterocycles. The third-order valence-corrected chi connectivity index (χ3v) is 2.91. The lowest BCUT2D eigenvalue weighted by Crippen LogP contribution is -2.11. The lowest BCUT2D eigenvalue weighted by Gasteiger charge is -2.14. The summed E-state index contributed by atoms with van der Waals surface area (Å²) in [6.45, 7) is 3.48. The number of aryl methyl sites for hydroxylation is 1. The predicted octanol–water partition coefficient (Wildman–Crippen LogP) is 4.90. The van der Waals surface area contributed by atoms with Crippen LogP contribution in [0.1, 0.15) is 40.4 Å². The summed E-state index contributed by atoms with van der Waals surface area (Å²) in [5.74, 6) is 0. The molecule has 104 valence electrons. The van der Waals surface area contributed by atoms with Crippen molar-refractivity contribution in [2.75, 3.05) is 0 Å². The molecule has 0 saturated heterocycles. The summed E-state index contributed by atoms with van der Waals surface area (Å²) >= 11 is 5.29. The first-order valence-corrected chi connectivity index (χ1v) is 6.20.